The van der Waals surface area contributed by atoms with E-state index in [2.05, 4.69) is 5.32 Å². The molecule has 1 aliphatic rings. The molecular weight excluding hydrogens is 438 g/mol. The molecule has 4 rings (SSSR count). The molecule has 3 aromatic rings. The topological polar surface area (TPSA) is 84.6 Å². The first-order chi connectivity index (χ1) is 16.4. The zero-order valence-corrected chi connectivity index (χ0v) is 18.8. The molecule has 1 fully saturated rings. The predicted octanol–water partition coefficient (Wildman–Crippen LogP) is 5.49. The van der Waals surface area contributed by atoms with Crippen LogP contribution in [0.5, 0.6) is 5.75 Å². The summed E-state index contributed by atoms with van der Waals surface area (Å²) in [7, 11) is 0. The highest BCUT2D eigenvalue weighted by molar-refractivity contribution is 5.72. The summed E-state index contributed by atoms with van der Waals surface area (Å²) < 4.78 is 34.3. The first-order valence-electron chi connectivity index (χ1n) is 11.3. The summed E-state index contributed by atoms with van der Waals surface area (Å²) in [5, 5.41) is 12.6. The van der Waals surface area contributed by atoms with Crippen LogP contribution in [0.1, 0.15) is 35.6 Å². The van der Waals surface area contributed by atoms with E-state index in [0.717, 1.165) is 17.8 Å². The van der Waals surface area contributed by atoms with Gasteiger partial charge in [0.25, 0.3) is 0 Å². The molecule has 178 valence electrons. The zero-order valence-electron chi connectivity index (χ0n) is 18.8. The number of nitrogens with two attached hydrogens (primary N) is 1. The van der Waals surface area contributed by atoms with E-state index in [4.69, 9.17) is 15.6 Å². The lowest BCUT2D eigenvalue weighted by atomic mass is 9.97. The maximum atomic E-state index is 15.3. The Balaban J connectivity index is 1.64. The highest BCUT2D eigenvalue weighted by Gasteiger charge is 2.21. The van der Waals surface area contributed by atoms with Crippen molar-refractivity contribution < 1.29 is 23.4 Å². The van der Waals surface area contributed by atoms with Crippen molar-refractivity contribution in [2.24, 2.45) is 11.7 Å². The number of anilines is 1. The Morgan fingerprint density at radius 3 is 2.68 bits per heavy atom. The number of carboxylic acids is 1. The minimum absolute atomic E-state index is 0.136. The van der Waals surface area contributed by atoms with Gasteiger partial charge in [0.15, 0.2) is 0 Å². The molecule has 0 radical (unpaired) electrons. The highest BCUT2D eigenvalue weighted by atomic mass is 19.1. The van der Waals surface area contributed by atoms with Gasteiger partial charge in [-0.15, -0.1) is 0 Å². The lowest BCUT2D eigenvalue weighted by Crippen LogP contribution is -2.14. The molecule has 0 amide bonds. The summed E-state index contributed by atoms with van der Waals surface area (Å²) in [5.74, 6) is -0.337. The second-order valence-electron chi connectivity index (χ2n) is 8.68. The molecule has 0 heterocycles. The van der Waals surface area contributed by atoms with Gasteiger partial charge in [0.05, 0.1) is 12.5 Å². The van der Waals surface area contributed by atoms with Crippen LogP contribution in [0.25, 0.3) is 11.1 Å². The first-order valence-corrected chi connectivity index (χ1v) is 11.3. The minimum atomic E-state index is -1.02. The van der Waals surface area contributed by atoms with Crippen LogP contribution in [0.4, 0.5) is 14.5 Å². The molecule has 0 bridgehead atoms. The molecule has 0 spiro atoms. The number of carbonyl (C=O) groups is 1. The van der Waals surface area contributed by atoms with Crippen molar-refractivity contribution in [3.05, 3.63) is 83.2 Å². The summed E-state index contributed by atoms with van der Waals surface area (Å²) >= 11 is 0. The van der Waals surface area contributed by atoms with E-state index in [1.165, 1.54) is 18.9 Å². The summed E-state index contributed by atoms with van der Waals surface area (Å²) in [6.07, 6.45) is 2.25. The van der Waals surface area contributed by atoms with E-state index in [0.29, 0.717) is 28.4 Å². The molecule has 3 aromatic carbocycles. The fourth-order valence-electron chi connectivity index (χ4n) is 3.87. The maximum absolute atomic E-state index is 15.3. The number of halogens is 2. The van der Waals surface area contributed by atoms with Gasteiger partial charge >= 0.3 is 5.97 Å². The monoisotopic (exact) mass is 466 g/mol. The standard InChI is InChI=1S/C27H28F2N2O3/c28-14-24(30)23-6-3-5-22(27(23)29)20-10-18(11-21(12-20)31-15-17-8-9-17)16-34-25-7-2-1-4-19(25)13-26(32)33/h1-7,10-12,17,24,31H,8-9,13-16,30H2,(H,32,33). The smallest absolute Gasteiger partial charge is 0.307 e. The molecule has 0 aliphatic heterocycles. The first kappa shape index (κ1) is 23.7. The fraction of sp³-hybridized carbons (Fsp3) is 0.296. The molecule has 34 heavy (non-hydrogen) atoms. The van der Waals surface area contributed by atoms with Crippen molar-refractivity contribution in [1.29, 1.82) is 0 Å². The molecule has 4 N–H and O–H groups in total. The van der Waals surface area contributed by atoms with Gasteiger partial charge in [0.1, 0.15) is 24.8 Å². The van der Waals surface area contributed by atoms with Crippen LogP contribution in [0.15, 0.2) is 60.7 Å². The number of benzene rings is 3. The molecule has 5 nitrogen and oxygen atoms in total. The van der Waals surface area contributed by atoms with Gasteiger partial charge in [-0.05, 0) is 54.2 Å². The second-order valence-corrected chi connectivity index (χ2v) is 8.68. The van der Waals surface area contributed by atoms with Crippen LogP contribution in [0.3, 0.4) is 0 Å². The summed E-state index contributed by atoms with van der Waals surface area (Å²) in [5.41, 5.74) is 9.07. The molecule has 0 aromatic heterocycles. The summed E-state index contributed by atoms with van der Waals surface area (Å²) in [4.78, 5) is 11.2. The number of rotatable bonds is 11. The van der Waals surface area contributed by atoms with E-state index in [1.54, 1.807) is 36.4 Å². The third-order valence-corrected chi connectivity index (χ3v) is 5.90. The number of nitrogens with one attached hydrogen (secondary N) is 1. The van der Waals surface area contributed by atoms with E-state index >= 15 is 4.39 Å². The van der Waals surface area contributed by atoms with E-state index in [1.807, 2.05) is 18.2 Å². The normalized spacial score (nSPS) is 14.0. The Kier molecular flexibility index (Phi) is 7.43. The molecule has 1 atom stereocenters. The van der Waals surface area contributed by atoms with Gasteiger partial charge in [-0.3, -0.25) is 4.79 Å². The second kappa shape index (κ2) is 10.7. The third kappa shape index (κ3) is 5.91. The lowest BCUT2D eigenvalue weighted by Gasteiger charge is -2.16. The minimum Gasteiger partial charge on any atom is -0.489 e. The van der Waals surface area contributed by atoms with Gasteiger partial charge in [-0.1, -0.05) is 36.4 Å². The average molecular weight is 467 g/mol. The SMILES string of the molecule is NC(CF)c1cccc(-c2cc(COc3ccccc3CC(=O)O)cc(NCC3CC3)c2)c1F. The van der Waals surface area contributed by atoms with Crippen LogP contribution >= 0.6 is 0 Å². The van der Waals surface area contributed by atoms with E-state index in [9.17, 15) is 9.18 Å². The van der Waals surface area contributed by atoms with Crippen molar-refractivity contribution in [3.8, 4) is 16.9 Å². The van der Waals surface area contributed by atoms with Crippen LogP contribution in [0, 0.1) is 11.7 Å². The number of aliphatic carboxylic acids is 1. The number of alkyl halides is 1. The summed E-state index contributed by atoms with van der Waals surface area (Å²) in [6.45, 7) is 0.159. The van der Waals surface area contributed by atoms with Gasteiger partial charge < -0.3 is 20.9 Å². The Hall–Kier alpha value is -3.45. The lowest BCUT2D eigenvalue weighted by molar-refractivity contribution is -0.136. The van der Waals surface area contributed by atoms with Crippen molar-refractivity contribution >= 4 is 11.7 Å². The summed E-state index contributed by atoms with van der Waals surface area (Å²) in [6, 6.07) is 16.4. The van der Waals surface area contributed by atoms with Crippen molar-refractivity contribution in [1.82, 2.24) is 0 Å². The Labute approximate surface area is 197 Å². The number of hydrogen-bond donors (Lipinski definition) is 3. The predicted molar refractivity (Wildman–Crippen MR) is 128 cm³/mol. The van der Waals surface area contributed by atoms with Gasteiger partial charge in [0, 0.05) is 28.9 Å². The van der Waals surface area contributed by atoms with Crippen LogP contribution in [-0.4, -0.2) is 24.3 Å². The largest absolute Gasteiger partial charge is 0.489 e. The van der Waals surface area contributed by atoms with Gasteiger partial charge in [0.2, 0.25) is 0 Å². The number of para-hydroxylation sites is 1. The number of carboxylic acid groups (broad SMARTS) is 1. The van der Waals surface area contributed by atoms with Crippen LogP contribution in [0.2, 0.25) is 0 Å². The molecular formula is C27H28F2N2O3. The van der Waals surface area contributed by atoms with Crippen molar-refractivity contribution in [2.45, 2.75) is 31.9 Å². The average Bonchev–Trinajstić information content (AvgIpc) is 3.66. The van der Waals surface area contributed by atoms with Crippen LogP contribution < -0.4 is 15.8 Å². The Bertz CT molecular complexity index is 1160. The molecule has 0 saturated heterocycles. The van der Waals surface area contributed by atoms with Gasteiger partial charge in [-0.25, -0.2) is 8.78 Å². The van der Waals surface area contributed by atoms with E-state index < -0.39 is 24.5 Å². The number of ether oxygens (including phenoxy) is 1. The van der Waals surface area contributed by atoms with Crippen LogP contribution in [-0.2, 0) is 17.8 Å². The fourth-order valence-corrected chi connectivity index (χ4v) is 3.87. The Morgan fingerprint density at radius 1 is 1.15 bits per heavy atom. The molecule has 1 aliphatic carbocycles. The number of hydrogen-bond acceptors (Lipinski definition) is 4. The Morgan fingerprint density at radius 2 is 1.94 bits per heavy atom. The molecule has 7 heteroatoms. The maximum Gasteiger partial charge on any atom is 0.307 e. The highest BCUT2D eigenvalue weighted by Crippen LogP contribution is 2.33. The molecule has 1 unspecified atom stereocenters. The van der Waals surface area contributed by atoms with Gasteiger partial charge in [-0.2, -0.15) is 0 Å². The van der Waals surface area contributed by atoms with E-state index in [-0.39, 0.29) is 18.6 Å². The quantitative estimate of drug-likeness (QED) is 0.348. The van der Waals surface area contributed by atoms with Crippen molar-refractivity contribution in [2.75, 3.05) is 18.5 Å². The molecule has 1 saturated carbocycles. The third-order valence-electron chi connectivity index (χ3n) is 5.90. The zero-order chi connectivity index (χ0) is 24.1. The van der Waals surface area contributed by atoms with Crippen molar-refractivity contribution in [3.63, 3.8) is 0 Å².